The lowest BCUT2D eigenvalue weighted by atomic mass is 9.86. The fourth-order valence-corrected chi connectivity index (χ4v) is 1.63. The summed E-state index contributed by atoms with van der Waals surface area (Å²) < 4.78 is 0. The van der Waals surface area contributed by atoms with Crippen molar-refractivity contribution in [2.45, 2.75) is 33.1 Å². The standard InChI is InChI=1S/C14H22N2O/c1-10-8-11(14(2,3)4)6-7-12(10)16-13(17)9-15-5/h6-8,15H,9H2,1-5H3,(H,16,17). The highest BCUT2D eigenvalue weighted by atomic mass is 16.1. The third-order valence-corrected chi connectivity index (χ3v) is 2.70. The van der Waals surface area contributed by atoms with E-state index in [1.54, 1.807) is 7.05 Å². The van der Waals surface area contributed by atoms with Crippen LogP contribution in [-0.2, 0) is 10.2 Å². The maximum absolute atomic E-state index is 11.5. The van der Waals surface area contributed by atoms with Crippen molar-refractivity contribution in [2.75, 3.05) is 18.9 Å². The van der Waals surface area contributed by atoms with Gasteiger partial charge in [0.25, 0.3) is 0 Å². The van der Waals surface area contributed by atoms with E-state index in [-0.39, 0.29) is 11.3 Å². The van der Waals surface area contributed by atoms with E-state index < -0.39 is 0 Å². The number of benzene rings is 1. The van der Waals surface area contributed by atoms with E-state index in [4.69, 9.17) is 0 Å². The molecule has 0 aliphatic rings. The van der Waals surface area contributed by atoms with Crippen LogP contribution < -0.4 is 10.6 Å². The van der Waals surface area contributed by atoms with Crippen molar-refractivity contribution < 1.29 is 4.79 Å². The first kappa shape index (κ1) is 13.7. The highest BCUT2D eigenvalue weighted by molar-refractivity contribution is 5.92. The molecule has 1 rings (SSSR count). The van der Waals surface area contributed by atoms with Crippen LogP contribution in [0.5, 0.6) is 0 Å². The van der Waals surface area contributed by atoms with E-state index in [1.807, 2.05) is 13.0 Å². The molecule has 2 N–H and O–H groups in total. The lowest BCUT2D eigenvalue weighted by molar-refractivity contribution is -0.115. The number of nitrogens with one attached hydrogen (secondary N) is 2. The van der Waals surface area contributed by atoms with E-state index in [9.17, 15) is 4.79 Å². The van der Waals surface area contributed by atoms with Crippen molar-refractivity contribution >= 4 is 11.6 Å². The number of rotatable bonds is 3. The van der Waals surface area contributed by atoms with Crippen LogP contribution in [0.4, 0.5) is 5.69 Å². The first-order valence-corrected chi connectivity index (χ1v) is 5.90. The Balaban J connectivity index is 2.87. The second-order valence-electron chi connectivity index (χ2n) is 5.36. The van der Waals surface area contributed by atoms with Gasteiger partial charge in [0.15, 0.2) is 0 Å². The van der Waals surface area contributed by atoms with Gasteiger partial charge in [0.2, 0.25) is 5.91 Å². The van der Waals surface area contributed by atoms with E-state index in [0.29, 0.717) is 6.54 Å². The summed E-state index contributed by atoms with van der Waals surface area (Å²) >= 11 is 0. The summed E-state index contributed by atoms with van der Waals surface area (Å²) in [7, 11) is 1.76. The van der Waals surface area contributed by atoms with Gasteiger partial charge in [0, 0.05) is 5.69 Å². The van der Waals surface area contributed by atoms with Crippen LogP contribution >= 0.6 is 0 Å². The van der Waals surface area contributed by atoms with Crippen molar-refractivity contribution in [1.82, 2.24) is 5.32 Å². The summed E-state index contributed by atoms with van der Waals surface area (Å²) in [5.74, 6) is -0.0147. The Morgan fingerprint density at radius 3 is 2.41 bits per heavy atom. The molecule has 0 radical (unpaired) electrons. The third kappa shape index (κ3) is 3.86. The first-order valence-electron chi connectivity index (χ1n) is 5.90. The molecule has 0 fully saturated rings. The average Bonchev–Trinajstić information content (AvgIpc) is 2.20. The molecular weight excluding hydrogens is 212 g/mol. The summed E-state index contributed by atoms with van der Waals surface area (Å²) in [6.45, 7) is 8.90. The first-order chi connectivity index (χ1) is 7.84. The van der Waals surface area contributed by atoms with Crippen LogP contribution in [0.1, 0.15) is 31.9 Å². The number of likely N-dealkylation sites (N-methyl/N-ethyl adjacent to an activating group) is 1. The lowest BCUT2D eigenvalue weighted by Crippen LogP contribution is -2.25. The maximum Gasteiger partial charge on any atom is 0.238 e. The Morgan fingerprint density at radius 1 is 1.29 bits per heavy atom. The van der Waals surface area contributed by atoms with E-state index in [1.165, 1.54) is 5.56 Å². The molecule has 0 saturated carbocycles. The van der Waals surface area contributed by atoms with Crippen molar-refractivity contribution in [3.05, 3.63) is 29.3 Å². The molecule has 17 heavy (non-hydrogen) atoms. The smallest absolute Gasteiger partial charge is 0.238 e. The predicted molar refractivity (Wildman–Crippen MR) is 72.4 cm³/mol. The van der Waals surface area contributed by atoms with Crippen LogP contribution in [0.15, 0.2) is 18.2 Å². The Hall–Kier alpha value is -1.35. The van der Waals surface area contributed by atoms with Crippen LogP contribution in [0.2, 0.25) is 0 Å². The normalized spacial score (nSPS) is 11.4. The third-order valence-electron chi connectivity index (χ3n) is 2.70. The van der Waals surface area contributed by atoms with Gasteiger partial charge < -0.3 is 10.6 Å². The van der Waals surface area contributed by atoms with Gasteiger partial charge in [-0.25, -0.2) is 0 Å². The highest BCUT2D eigenvalue weighted by Crippen LogP contribution is 2.26. The van der Waals surface area contributed by atoms with E-state index >= 15 is 0 Å². The van der Waals surface area contributed by atoms with E-state index in [2.05, 4.69) is 43.5 Å². The molecule has 1 aromatic rings. The van der Waals surface area contributed by atoms with Crippen molar-refractivity contribution in [1.29, 1.82) is 0 Å². The fraction of sp³-hybridized carbons (Fsp3) is 0.500. The SMILES string of the molecule is CNCC(=O)Nc1ccc(C(C)(C)C)cc1C. The van der Waals surface area contributed by atoms with E-state index in [0.717, 1.165) is 11.3 Å². The summed E-state index contributed by atoms with van der Waals surface area (Å²) in [4.78, 5) is 11.5. The van der Waals surface area contributed by atoms with Crippen LogP contribution in [0.25, 0.3) is 0 Å². The number of hydrogen-bond acceptors (Lipinski definition) is 2. The number of amides is 1. The van der Waals surface area contributed by atoms with Gasteiger partial charge >= 0.3 is 0 Å². The Kier molecular flexibility index (Phi) is 4.29. The molecule has 3 nitrogen and oxygen atoms in total. The zero-order valence-electron chi connectivity index (χ0n) is 11.3. The average molecular weight is 234 g/mol. The molecule has 0 aliphatic carbocycles. The second-order valence-corrected chi connectivity index (χ2v) is 5.36. The Morgan fingerprint density at radius 2 is 1.94 bits per heavy atom. The second kappa shape index (κ2) is 5.32. The van der Waals surface area contributed by atoms with Gasteiger partial charge in [-0.3, -0.25) is 4.79 Å². The van der Waals surface area contributed by atoms with Crippen LogP contribution in [0, 0.1) is 6.92 Å². The van der Waals surface area contributed by atoms with Gasteiger partial charge in [0.05, 0.1) is 6.54 Å². The maximum atomic E-state index is 11.5. The summed E-state index contributed by atoms with van der Waals surface area (Å²) in [5.41, 5.74) is 3.40. The largest absolute Gasteiger partial charge is 0.325 e. The molecular formula is C14H22N2O. The van der Waals surface area contributed by atoms with Crippen molar-refractivity contribution in [3.8, 4) is 0 Å². The summed E-state index contributed by atoms with van der Waals surface area (Å²) in [6, 6.07) is 6.18. The molecule has 3 heteroatoms. The zero-order chi connectivity index (χ0) is 13.1. The van der Waals surface area contributed by atoms with Crippen LogP contribution in [-0.4, -0.2) is 19.5 Å². The topological polar surface area (TPSA) is 41.1 Å². The van der Waals surface area contributed by atoms with Crippen molar-refractivity contribution in [3.63, 3.8) is 0 Å². The number of hydrogen-bond donors (Lipinski definition) is 2. The molecule has 0 bridgehead atoms. The number of anilines is 1. The summed E-state index contributed by atoms with van der Waals surface area (Å²) in [5, 5.41) is 5.72. The van der Waals surface area contributed by atoms with Gasteiger partial charge in [-0.1, -0.05) is 32.9 Å². The number of carbonyl (C=O) groups is 1. The predicted octanol–water partition coefficient (Wildman–Crippen LogP) is 2.45. The zero-order valence-corrected chi connectivity index (χ0v) is 11.3. The van der Waals surface area contributed by atoms with Gasteiger partial charge in [-0.15, -0.1) is 0 Å². The Labute approximate surface area is 104 Å². The summed E-state index contributed by atoms with van der Waals surface area (Å²) in [6.07, 6.45) is 0. The van der Waals surface area contributed by atoms with Gasteiger partial charge in [0.1, 0.15) is 0 Å². The molecule has 0 saturated heterocycles. The van der Waals surface area contributed by atoms with Gasteiger partial charge in [-0.05, 0) is 36.6 Å². The van der Waals surface area contributed by atoms with Gasteiger partial charge in [-0.2, -0.15) is 0 Å². The molecule has 0 atom stereocenters. The molecule has 0 aliphatic heterocycles. The minimum atomic E-state index is -0.0147. The molecule has 0 spiro atoms. The lowest BCUT2D eigenvalue weighted by Gasteiger charge is -2.20. The molecule has 1 amide bonds. The fourth-order valence-electron chi connectivity index (χ4n) is 1.63. The quantitative estimate of drug-likeness (QED) is 0.843. The van der Waals surface area contributed by atoms with Crippen molar-refractivity contribution in [2.24, 2.45) is 0 Å². The minimum absolute atomic E-state index is 0.0147. The number of aryl methyl sites for hydroxylation is 1. The monoisotopic (exact) mass is 234 g/mol. The Bertz CT molecular complexity index is 405. The van der Waals surface area contributed by atoms with Crippen LogP contribution in [0.3, 0.4) is 0 Å². The number of carbonyl (C=O) groups excluding carboxylic acids is 1. The molecule has 1 aromatic carbocycles. The molecule has 0 aromatic heterocycles. The minimum Gasteiger partial charge on any atom is -0.325 e. The highest BCUT2D eigenvalue weighted by Gasteiger charge is 2.14. The molecule has 94 valence electrons. The molecule has 0 heterocycles. The molecule has 0 unspecified atom stereocenters.